The fraction of sp³-hybridized carbons (Fsp3) is 0.286. The molecule has 0 aliphatic rings. The standard InChI is InChI=1S/C21H22ClN3O6S/c1-29-17-8-7-14(11-18(17)30-2)21-24-20(31-25-21)13-32(27,28)10-9-19(26)23-12-15-5-3-4-6-16(15)22/h3-8,11H,9-10,12-13H2,1-2H3,(H,23,26). The molecule has 0 fully saturated rings. The quantitative estimate of drug-likeness (QED) is 0.471. The van der Waals surface area contributed by atoms with Crippen LogP contribution in [0, 0.1) is 0 Å². The number of carbonyl (C=O) groups excluding carboxylic acids is 1. The fourth-order valence-electron chi connectivity index (χ4n) is 2.84. The molecule has 0 saturated carbocycles. The molecule has 3 aromatic rings. The van der Waals surface area contributed by atoms with E-state index in [9.17, 15) is 13.2 Å². The van der Waals surface area contributed by atoms with E-state index in [4.69, 9.17) is 25.6 Å². The van der Waals surface area contributed by atoms with Gasteiger partial charge in [0.15, 0.2) is 21.3 Å². The van der Waals surface area contributed by atoms with Crippen molar-refractivity contribution >= 4 is 27.3 Å². The van der Waals surface area contributed by atoms with Gasteiger partial charge in [0.05, 0.1) is 20.0 Å². The highest BCUT2D eigenvalue weighted by atomic mass is 35.5. The summed E-state index contributed by atoms with van der Waals surface area (Å²) in [4.78, 5) is 16.2. The number of halogens is 1. The Morgan fingerprint density at radius 2 is 1.88 bits per heavy atom. The fourth-order valence-corrected chi connectivity index (χ4v) is 4.18. The normalized spacial score (nSPS) is 11.2. The zero-order chi connectivity index (χ0) is 23.1. The number of ether oxygens (including phenoxy) is 2. The highest BCUT2D eigenvalue weighted by molar-refractivity contribution is 7.90. The molecule has 0 unspecified atom stereocenters. The smallest absolute Gasteiger partial charge is 0.242 e. The second kappa shape index (κ2) is 10.5. The lowest BCUT2D eigenvalue weighted by molar-refractivity contribution is -0.120. The Bertz CT molecular complexity index is 1200. The minimum Gasteiger partial charge on any atom is -0.493 e. The second-order valence-corrected chi connectivity index (χ2v) is 9.38. The van der Waals surface area contributed by atoms with Crippen LogP contribution in [0.15, 0.2) is 47.0 Å². The van der Waals surface area contributed by atoms with Crippen LogP contribution in [-0.2, 0) is 26.9 Å². The van der Waals surface area contributed by atoms with E-state index in [0.717, 1.165) is 5.56 Å². The number of nitrogens with zero attached hydrogens (tertiary/aromatic N) is 2. The molecule has 0 aliphatic heterocycles. The molecular formula is C21H22ClN3O6S. The monoisotopic (exact) mass is 479 g/mol. The van der Waals surface area contributed by atoms with Gasteiger partial charge in [0.2, 0.25) is 17.6 Å². The largest absolute Gasteiger partial charge is 0.493 e. The number of hydrogen-bond acceptors (Lipinski definition) is 8. The summed E-state index contributed by atoms with van der Waals surface area (Å²) in [5.74, 6) is -0.0485. The van der Waals surface area contributed by atoms with Crippen LogP contribution < -0.4 is 14.8 Å². The van der Waals surface area contributed by atoms with E-state index in [1.807, 2.05) is 0 Å². The number of amides is 1. The van der Waals surface area contributed by atoms with E-state index in [-0.39, 0.29) is 30.4 Å². The highest BCUT2D eigenvalue weighted by Gasteiger charge is 2.20. The minimum atomic E-state index is -3.64. The summed E-state index contributed by atoms with van der Waals surface area (Å²) < 4.78 is 40.3. The summed E-state index contributed by atoms with van der Waals surface area (Å²) in [7, 11) is -0.621. The third-order valence-corrected chi connectivity index (χ3v) is 6.41. The third kappa shape index (κ3) is 6.21. The minimum absolute atomic E-state index is 0.0636. The van der Waals surface area contributed by atoms with Crippen LogP contribution in [-0.4, -0.2) is 44.4 Å². The van der Waals surface area contributed by atoms with Gasteiger partial charge in [-0.1, -0.05) is 35.0 Å². The Morgan fingerprint density at radius 3 is 2.59 bits per heavy atom. The lowest BCUT2D eigenvalue weighted by Crippen LogP contribution is -2.25. The average molecular weight is 480 g/mol. The van der Waals surface area contributed by atoms with E-state index in [2.05, 4.69) is 15.5 Å². The molecule has 1 amide bonds. The SMILES string of the molecule is COc1ccc(-c2noc(CS(=O)(=O)CCC(=O)NCc3ccccc3Cl)n2)cc1OC. The van der Waals surface area contributed by atoms with Gasteiger partial charge in [-0.3, -0.25) is 4.79 Å². The zero-order valence-electron chi connectivity index (χ0n) is 17.5. The number of aromatic nitrogens is 2. The number of carbonyl (C=O) groups is 1. The van der Waals surface area contributed by atoms with Crippen molar-refractivity contribution in [1.29, 1.82) is 0 Å². The maximum atomic E-state index is 12.4. The van der Waals surface area contributed by atoms with Gasteiger partial charge in [0.1, 0.15) is 5.75 Å². The number of hydrogen-bond donors (Lipinski definition) is 1. The van der Waals surface area contributed by atoms with Crippen LogP contribution in [0.2, 0.25) is 5.02 Å². The Labute approximate surface area is 190 Å². The van der Waals surface area contributed by atoms with Gasteiger partial charge in [0.25, 0.3) is 0 Å². The summed E-state index contributed by atoms with van der Waals surface area (Å²) in [6, 6.07) is 12.1. The van der Waals surface area contributed by atoms with Gasteiger partial charge in [-0.2, -0.15) is 4.98 Å². The van der Waals surface area contributed by atoms with Gasteiger partial charge < -0.3 is 19.3 Å². The third-order valence-electron chi connectivity index (χ3n) is 4.53. The van der Waals surface area contributed by atoms with Crippen LogP contribution in [0.25, 0.3) is 11.4 Å². The molecule has 170 valence electrons. The van der Waals surface area contributed by atoms with Crippen molar-refractivity contribution in [2.45, 2.75) is 18.7 Å². The maximum absolute atomic E-state index is 12.4. The van der Waals surface area contributed by atoms with E-state index >= 15 is 0 Å². The zero-order valence-corrected chi connectivity index (χ0v) is 19.1. The predicted octanol–water partition coefficient (Wildman–Crippen LogP) is 3.03. The van der Waals surface area contributed by atoms with Crippen LogP contribution in [0.5, 0.6) is 11.5 Å². The van der Waals surface area contributed by atoms with Crippen LogP contribution in [0.4, 0.5) is 0 Å². The van der Waals surface area contributed by atoms with Gasteiger partial charge in [-0.05, 0) is 29.8 Å². The summed E-state index contributed by atoms with van der Waals surface area (Å²) in [6.45, 7) is 0.219. The molecule has 0 bridgehead atoms. The average Bonchev–Trinajstić information content (AvgIpc) is 3.24. The Morgan fingerprint density at radius 1 is 1.12 bits per heavy atom. The molecule has 0 aliphatic carbocycles. The first-order valence-electron chi connectivity index (χ1n) is 9.57. The first-order chi connectivity index (χ1) is 15.3. The molecule has 1 heterocycles. The molecule has 0 radical (unpaired) electrons. The van der Waals surface area contributed by atoms with Gasteiger partial charge in [-0.25, -0.2) is 8.42 Å². The van der Waals surface area contributed by atoms with Crippen LogP contribution in [0.1, 0.15) is 17.9 Å². The Hall–Kier alpha value is -3.11. The predicted molar refractivity (Wildman–Crippen MR) is 118 cm³/mol. The molecule has 32 heavy (non-hydrogen) atoms. The summed E-state index contributed by atoms with van der Waals surface area (Å²) in [6.07, 6.45) is -0.191. The molecule has 0 atom stereocenters. The topological polar surface area (TPSA) is 121 Å². The molecule has 2 aromatic carbocycles. The highest BCUT2D eigenvalue weighted by Crippen LogP contribution is 2.31. The molecule has 0 saturated heterocycles. The van der Waals surface area contributed by atoms with Crippen LogP contribution >= 0.6 is 11.6 Å². The number of nitrogens with one attached hydrogen (secondary N) is 1. The second-order valence-electron chi connectivity index (χ2n) is 6.79. The van der Waals surface area contributed by atoms with Gasteiger partial charge in [-0.15, -0.1) is 0 Å². The lowest BCUT2D eigenvalue weighted by Gasteiger charge is -2.07. The Kier molecular flexibility index (Phi) is 7.70. The molecule has 3 rings (SSSR count). The number of methoxy groups -OCH3 is 2. The number of sulfone groups is 1. The van der Waals surface area contributed by atoms with Gasteiger partial charge >= 0.3 is 0 Å². The molecule has 11 heteroatoms. The van der Waals surface area contributed by atoms with Crippen molar-refractivity contribution in [2.24, 2.45) is 0 Å². The van der Waals surface area contributed by atoms with E-state index < -0.39 is 21.5 Å². The van der Waals surface area contributed by atoms with Crippen molar-refractivity contribution in [2.75, 3.05) is 20.0 Å². The van der Waals surface area contributed by atoms with E-state index in [1.165, 1.54) is 14.2 Å². The van der Waals surface area contributed by atoms with E-state index in [0.29, 0.717) is 22.1 Å². The molecule has 1 aromatic heterocycles. The van der Waals surface area contributed by atoms with Crippen molar-refractivity contribution in [1.82, 2.24) is 15.5 Å². The summed E-state index contributed by atoms with van der Waals surface area (Å²) >= 11 is 6.04. The lowest BCUT2D eigenvalue weighted by atomic mass is 10.2. The molecular weight excluding hydrogens is 458 g/mol. The summed E-state index contributed by atoms with van der Waals surface area (Å²) in [5.41, 5.74) is 1.33. The van der Waals surface area contributed by atoms with E-state index in [1.54, 1.807) is 42.5 Å². The first-order valence-corrected chi connectivity index (χ1v) is 11.8. The number of rotatable bonds is 10. The first kappa shape index (κ1) is 23.6. The van der Waals surface area contributed by atoms with Crippen molar-refractivity contribution in [3.8, 4) is 22.9 Å². The molecule has 0 spiro atoms. The molecule has 1 N–H and O–H groups in total. The van der Waals surface area contributed by atoms with Crippen molar-refractivity contribution in [3.05, 3.63) is 58.9 Å². The van der Waals surface area contributed by atoms with Gasteiger partial charge in [0, 0.05) is 23.6 Å². The van der Waals surface area contributed by atoms with Crippen LogP contribution in [0.3, 0.4) is 0 Å². The summed E-state index contributed by atoms with van der Waals surface area (Å²) in [5, 5.41) is 7.02. The number of benzene rings is 2. The molecule has 9 nitrogen and oxygen atoms in total. The maximum Gasteiger partial charge on any atom is 0.242 e. The Balaban J connectivity index is 1.56. The van der Waals surface area contributed by atoms with Crippen molar-refractivity contribution < 1.29 is 27.2 Å². The van der Waals surface area contributed by atoms with Crippen molar-refractivity contribution in [3.63, 3.8) is 0 Å².